The Balaban J connectivity index is 1.23. The third kappa shape index (κ3) is 4.68. The number of ether oxygens (including phenoxy) is 2. The number of anilines is 2. The van der Waals surface area contributed by atoms with Crippen molar-refractivity contribution >= 4 is 29.1 Å². The summed E-state index contributed by atoms with van der Waals surface area (Å²) in [4.78, 5) is 45.0. The Morgan fingerprint density at radius 3 is 2.46 bits per heavy atom. The number of hydrogen-bond acceptors (Lipinski definition) is 6. The average molecular weight is 479 g/mol. The fourth-order valence-corrected chi connectivity index (χ4v) is 4.69. The SMILES string of the molecule is CN(C)C(=O)CN1Cc2ccc(N3CC[C@@H](Oc4ccc(N5CCOCC5)cc4)C3=O)cc2C1=O. The third-order valence-corrected chi connectivity index (χ3v) is 6.76. The van der Waals surface area contributed by atoms with Crippen molar-refractivity contribution in [1.29, 1.82) is 0 Å². The minimum atomic E-state index is -0.567. The van der Waals surface area contributed by atoms with E-state index in [1.54, 1.807) is 25.1 Å². The molecule has 5 rings (SSSR count). The zero-order chi connectivity index (χ0) is 24.5. The smallest absolute Gasteiger partial charge is 0.268 e. The van der Waals surface area contributed by atoms with Crippen LogP contribution in [0, 0.1) is 0 Å². The second-order valence-corrected chi connectivity index (χ2v) is 9.27. The maximum absolute atomic E-state index is 13.1. The molecule has 3 amide bonds. The fourth-order valence-electron chi connectivity index (χ4n) is 4.69. The molecule has 35 heavy (non-hydrogen) atoms. The van der Waals surface area contributed by atoms with Gasteiger partial charge in [-0.3, -0.25) is 14.4 Å². The van der Waals surface area contributed by atoms with Crippen molar-refractivity contribution in [2.24, 2.45) is 0 Å². The van der Waals surface area contributed by atoms with Crippen LogP contribution in [0.25, 0.3) is 0 Å². The third-order valence-electron chi connectivity index (χ3n) is 6.76. The number of amides is 3. The molecule has 0 aromatic heterocycles. The first-order chi connectivity index (χ1) is 16.9. The molecule has 184 valence electrons. The largest absolute Gasteiger partial charge is 0.481 e. The van der Waals surface area contributed by atoms with Gasteiger partial charge in [-0.05, 0) is 42.0 Å². The number of carbonyl (C=O) groups excluding carboxylic acids is 3. The highest BCUT2D eigenvalue weighted by Gasteiger charge is 2.36. The molecule has 2 aromatic rings. The lowest BCUT2D eigenvalue weighted by molar-refractivity contribution is -0.129. The Morgan fingerprint density at radius 1 is 1.03 bits per heavy atom. The van der Waals surface area contributed by atoms with Gasteiger partial charge in [0.05, 0.1) is 13.2 Å². The molecule has 0 bridgehead atoms. The van der Waals surface area contributed by atoms with Gasteiger partial charge in [-0.1, -0.05) is 6.07 Å². The second-order valence-electron chi connectivity index (χ2n) is 9.27. The van der Waals surface area contributed by atoms with E-state index in [9.17, 15) is 14.4 Å². The number of rotatable bonds is 6. The highest BCUT2D eigenvalue weighted by Crippen LogP contribution is 2.31. The summed E-state index contributed by atoms with van der Waals surface area (Å²) >= 11 is 0. The number of benzene rings is 2. The van der Waals surface area contributed by atoms with Crippen molar-refractivity contribution in [3.63, 3.8) is 0 Å². The van der Waals surface area contributed by atoms with E-state index in [2.05, 4.69) is 4.90 Å². The lowest BCUT2D eigenvalue weighted by Gasteiger charge is -2.29. The van der Waals surface area contributed by atoms with E-state index in [1.807, 2.05) is 36.4 Å². The van der Waals surface area contributed by atoms with E-state index in [4.69, 9.17) is 9.47 Å². The predicted molar refractivity (Wildman–Crippen MR) is 131 cm³/mol. The molecule has 0 saturated carbocycles. The molecular weight excluding hydrogens is 448 g/mol. The molecule has 9 heteroatoms. The van der Waals surface area contributed by atoms with Crippen LogP contribution in [0.2, 0.25) is 0 Å². The molecule has 0 unspecified atom stereocenters. The number of morpholine rings is 1. The molecule has 1 atom stereocenters. The Bertz CT molecular complexity index is 1130. The van der Waals surface area contributed by atoms with Crippen LogP contribution in [0.1, 0.15) is 22.3 Å². The van der Waals surface area contributed by atoms with Crippen LogP contribution >= 0.6 is 0 Å². The van der Waals surface area contributed by atoms with Crippen LogP contribution in [0.15, 0.2) is 42.5 Å². The van der Waals surface area contributed by atoms with Crippen molar-refractivity contribution in [3.05, 3.63) is 53.6 Å². The van der Waals surface area contributed by atoms with Crippen LogP contribution in [-0.4, -0.2) is 87.1 Å². The van der Waals surface area contributed by atoms with Crippen molar-refractivity contribution < 1.29 is 23.9 Å². The molecule has 9 nitrogen and oxygen atoms in total. The maximum atomic E-state index is 13.1. The summed E-state index contributed by atoms with van der Waals surface area (Å²) in [6, 6.07) is 13.3. The van der Waals surface area contributed by atoms with Crippen molar-refractivity contribution in [3.8, 4) is 5.75 Å². The Kier molecular flexibility index (Phi) is 6.34. The minimum absolute atomic E-state index is 0.0404. The lowest BCUT2D eigenvalue weighted by Crippen LogP contribution is -2.36. The summed E-state index contributed by atoms with van der Waals surface area (Å²) in [6.07, 6.45) is 0.000779. The first-order valence-electron chi connectivity index (χ1n) is 11.9. The highest BCUT2D eigenvalue weighted by atomic mass is 16.5. The highest BCUT2D eigenvalue weighted by molar-refractivity contribution is 6.03. The molecule has 3 heterocycles. The van der Waals surface area contributed by atoms with E-state index in [0.717, 1.165) is 37.6 Å². The Labute approximate surface area is 204 Å². The lowest BCUT2D eigenvalue weighted by atomic mass is 10.1. The number of likely N-dealkylation sites (N-methyl/N-ethyl adjacent to an activating group) is 1. The van der Waals surface area contributed by atoms with Gasteiger partial charge in [0, 0.05) is 63.6 Å². The van der Waals surface area contributed by atoms with Gasteiger partial charge in [0.15, 0.2) is 6.10 Å². The molecule has 2 saturated heterocycles. The topological polar surface area (TPSA) is 82.6 Å². The maximum Gasteiger partial charge on any atom is 0.268 e. The number of fused-ring (bicyclic) bond motifs is 1. The normalized spacial score (nSPS) is 19.8. The molecule has 0 spiro atoms. The summed E-state index contributed by atoms with van der Waals surface area (Å²) in [5.41, 5.74) is 3.20. The average Bonchev–Trinajstić information content (AvgIpc) is 3.39. The van der Waals surface area contributed by atoms with E-state index < -0.39 is 6.10 Å². The Hall–Kier alpha value is -3.59. The quantitative estimate of drug-likeness (QED) is 0.629. The molecule has 0 radical (unpaired) electrons. The second kappa shape index (κ2) is 9.58. The standard InChI is InChI=1S/C26H30N4O5/c1-27(2)24(31)17-29-16-18-3-4-20(15-22(18)25(29)32)30-10-9-23(26(30)33)35-21-7-5-19(6-8-21)28-11-13-34-14-12-28/h3-8,15,23H,9-14,16-17H2,1-2H3/t23-/m1/s1. The Morgan fingerprint density at radius 2 is 1.74 bits per heavy atom. The number of nitrogens with zero attached hydrogens (tertiary/aromatic N) is 4. The summed E-state index contributed by atoms with van der Waals surface area (Å²) in [7, 11) is 3.34. The van der Waals surface area contributed by atoms with Crippen LogP contribution in [0.4, 0.5) is 11.4 Å². The van der Waals surface area contributed by atoms with E-state index >= 15 is 0 Å². The first-order valence-corrected chi connectivity index (χ1v) is 11.9. The zero-order valence-electron chi connectivity index (χ0n) is 20.1. The molecule has 0 aliphatic carbocycles. The summed E-state index contributed by atoms with van der Waals surface area (Å²) < 4.78 is 11.4. The van der Waals surface area contributed by atoms with Crippen LogP contribution in [0.5, 0.6) is 5.75 Å². The van der Waals surface area contributed by atoms with Crippen molar-refractivity contribution in [1.82, 2.24) is 9.80 Å². The number of carbonyl (C=O) groups is 3. The first kappa shape index (κ1) is 23.2. The van der Waals surface area contributed by atoms with Gasteiger partial charge in [-0.25, -0.2) is 0 Å². The van der Waals surface area contributed by atoms with Gasteiger partial charge in [0.1, 0.15) is 12.3 Å². The van der Waals surface area contributed by atoms with Gasteiger partial charge in [0.25, 0.3) is 11.8 Å². The fraction of sp³-hybridized carbons (Fsp3) is 0.423. The molecule has 2 aromatic carbocycles. The zero-order valence-corrected chi connectivity index (χ0v) is 20.1. The van der Waals surface area contributed by atoms with Crippen LogP contribution < -0.4 is 14.5 Å². The van der Waals surface area contributed by atoms with Crippen LogP contribution in [-0.2, 0) is 20.9 Å². The minimum Gasteiger partial charge on any atom is -0.481 e. The van der Waals surface area contributed by atoms with Gasteiger partial charge in [-0.15, -0.1) is 0 Å². The van der Waals surface area contributed by atoms with E-state index in [-0.39, 0.29) is 24.3 Å². The summed E-state index contributed by atoms with van der Waals surface area (Å²) in [5.74, 6) is 0.232. The van der Waals surface area contributed by atoms with Gasteiger partial charge < -0.3 is 29.1 Å². The molecule has 2 fully saturated rings. The van der Waals surface area contributed by atoms with E-state index in [0.29, 0.717) is 36.5 Å². The molecule has 3 aliphatic rings. The predicted octanol–water partition coefficient (Wildman–Crippen LogP) is 1.75. The molecular formula is C26H30N4O5. The van der Waals surface area contributed by atoms with Gasteiger partial charge >= 0.3 is 0 Å². The summed E-state index contributed by atoms with van der Waals surface area (Å²) in [5, 5.41) is 0. The molecule has 3 aliphatic heterocycles. The monoisotopic (exact) mass is 478 g/mol. The van der Waals surface area contributed by atoms with Crippen molar-refractivity contribution in [2.45, 2.75) is 19.1 Å². The molecule has 0 N–H and O–H groups in total. The van der Waals surface area contributed by atoms with Crippen molar-refractivity contribution in [2.75, 3.05) is 63.3 Å². The van der Waals surface area contributed by atoms with Gasteiger partial charge in [-0.2, -0.15) is 0 Å². The summed E-state index contributed by atoms with van der Waals surface area (Å²) in [6.45, 7) is 4.14. The van der Waals surface area contributed by atoms with Crippen LogP contribution in [0.3, 0.4) is 0 Å². The number of hydrogen-bond donors (Lipinski definition) is 0. The van der Waals surface area contributed by atoms with E-state index in [1.165, 1.54) is 9.80 Å². The van der Waals surface area contributed by atoms with Gasteiger partial charge in [0.2, 0.25) is 5.91 Å².